The maximum atomic E-state index is 14.0. The van der Waals surface area contributed by atoms with Gasteiger partial charge in [-0.15, -0.1) is 0 Å². The quantitative estimate of drug-likeness (QED) is 0.404. The van der Waals surface area contributed by atoms with E-state index in [0.29, 0.717) is 16.3 Å². The number of pyridine rings is 1. The van der Waals surface area contributed by atoms with Crippen LogP contribution in [-0.4, -0.2) is 23.7 Å². The Kier molecular flexibility index (Phi) is 6.15. The van der Waals surface area contributed by atoms with Crippen molar-refractivity contribution >= 4 is 35.1 Å². The van der Waals surface area contributed by atoms with Crippen molar-refractivity contribution in [2.24, 2.45) is 0 Å². The summed E-state index contributed by atoms with van der Waals surface area (Å²) >= 11 is 12.4. The molecule has 1 fully saturated rings. The second-order valence-corrected chi connectivity index (χ2v) is 9.41. The Bertz CT molecular complexity index is 1280. The van der Waals surface area contributed by atoms with Crippen LogP contribution >= 0.6 is 23.2 Å². The fraction of sp³-hybridized carbons (Fsp3) is 0.269. The van der Waals surface area contributed by atoms with E-state index in [4.69, 9.17) is 38.4 Å². The van der Waals surface area contributed by atoms with Gasteiger partial charge in [-0.2, -0.15) is 0 Å². The zero-order chi connectivity index (χ0) is 23.9. The number of anilines is 1. The molecular formula is C26H24Cl2FN3O2. The van der Waals surface area contributed by atoms with Crippen LogP contribution in [0.15, 0.2) is 48.7 Å². The Morgan fingerprint density at radius 1 is 1.15 bits per heavy atom. The van der Waals surface area contributed by atoms with Crippen LogP contribution < -0.4 is 20.5 Å². The van der Waals surface area contributed by atoms with Crippen molar-refractivity contribution < 1.29 is 13.9 Å². The number of ether oxygens (including phenoxy) is 2. The number of halogens is 3. The Morgan fingerprint density at radius 3 is 2.74 bits per heavy atom. The highest BCUT2D eigenvalue weighted by molar-refractivity contribution is 6.36. The third-order valence-corrected chi connectivity index (χ3v) is 7.06. The minimum Gasteiger partial charge on any atom is -0.482 e. The summed E-state index contributed by atoms with van der Waals surface area (Å²) in [4.78, 5) is 4.30. The van der Waals surface area contributed by atoms with Crippen LogP contribution in [0.4, 0.5) is 10.2 Å². The number of nitrogen functional groups attached to an aromatic ring is 1. The Labute approximate surface area is 207 Å². The third-order valence-electron chi connectivity index (χ3n) is 6.34. The first-order valence-electron chi connectivity index (χ1n) is 11.1. The molecule has 3 heterocycles. The molecule has 176 valence electrons. The van der Waals surface area contributed by atoms with E-state index in [2.05, 4.69) is 28.5 Å². The van der Waals surface area contributed by atoms with E-state index in [1.54, 1.807) is 13.1 Å². The van der Waals surface area contributed by atoms with Gasteiger partial charge in [0.25, 0.3) is 0 Å². The zero-order valence-corrected chi connectivity index (χ0v) is 20.1. The van der Waals surface area contributed by atoms with Crippen molar-refractivity contribution in [3.8, 4) is 22.6 Å². The molecule has 5 rings (SSSR count). The van der Waals surface area contributed by atoms with Gasteiger partial charge in [0, 0.05) is 40.8 Å². The van der Waals surface area contributed by atoms with E-state index in [9.17, 15) is 4.39 Å². The van der Waals surface area contributed by atoms with Crippen LogP contribution in [0.1, 0.15) is 37.0 Å². The molecule has 1 spiro atoms. The highest BCUT2D eigenvalue weighted by atomic mass is 35.5. The van der Waals surface area contributed by atoms with Gasteiger partial charge in [-0.1, -0.05) is 35.3 Å². The van der Waals surface area contributed by atoms with Crippen molar-refractivity contribution in [2.75, 3.05) is 18.8 Å². The molecule has 0 aliphatic carbocycles. The Morgan fingerprint density at radius 2 is 1.94 bits per heavy atom. The molecule has 2 aliphatic rings. The summed E-state index contributed by atoms with van der Waals surface area (Å²) in [6, 6.07) is 10.5. The lowest BCUT2D eigenvalue weighted by Gasteiger charge is -2.38. The Hall–Kier alpha value is -2.80. The minimum absolute atomic E-state index is 0.0734. The van der Waals surface area contributed by atoms with Gasteiger partial charge >= 0.3 is 0 Å². The lowest BCUT2D eigenvalue weighted by Crippen LogP contribution is -2.45. The molecule has 0 radical (unpaired) electrons. The highest BCUT2D eigenvalue weighted by Gasteiger charge is 2.34. The largest absolute Gasteiger partial charge is 0.482 e. The molecule has 2 aromatic carbocycles. The summed E-state index contributed by atoms with van der Waals surface area (Å²) in [5, 5.41) is 3.62. The van der Waals surface area contributed by atoms with Crippen LogP contribution in [0.2, 0.25) is 10.0 Å². The summed E-state index contributed by atoms with van der Waals surface area (Å²) < 4.78 is 26.4. The molecule has 0 amide bonds. The number of piperidine rings is 1. The molecule has 8 heteroatoms. The number of hydrogen-bond donors (Lipinski definition) is 2. The lowest BCUT2D eigenvalue weighted by atomic mass is 9.88. The summed E-state index contributed by atoms with van der Waals surface area (Å²) in [6.45, 7) is 3.63. The van der Waals surface area contributed by atoms with Crippen molar-refractivity contribution in [3.05, 3.63) is 75.7 Å². The predicted molar refractivity (Wildman–Crippen MR) is 134 cm³/mol. The molecule has 1 atom stereocenters. The summed E-state index contributed by atoms with van der Waals surface area (Å²) in [5.74, 6) is 0.886. The van der Waals surface area contributed by atoms with Gasteiger partial charge in [0.05, 0.1) is 5.02 Å². The molecule has 5 nitrogen and oxygen atoms in total. The monoisotopic (exact) mass is 499 g/mol. The summed E-state index contributed by atoms with van der Waals surface area (Å²) in [6.07, 6.45) is 7.25. The smallest absolute Gasteiger partial charge is 0.166 e. The van der Waals surface area contributed by atoms with Gasteiger partial charge in [0.1, 0.15) is 23.3 Å². The molecule has 2 aliphatic heterocycles. The molecule has 1 aromatic heterocycles. The van der Waals surface area contributed by atoms with Gasteiger partial charge in [-0.3, -0.25) is 0 Å². The molecule has 0 saturated carbocycles. The molecule has 0 unspecified atom stereocenters. The standard InChI is InChI=1S/C26H24Cl2FN3O2/c1-15(23-19(27)3-4-20(29)24(23)28)33-22-13-18(14-32-25(22)30)16-2-5-21-17(12-16)6-7-26(34-21)8-10-31-11-9-26/h2-7,12-15,31H,8-11H2,1H3,(H2,30,32)/t15-/m1/s1. The molecule has 3 aromatic rings. The van der Waals surface area contributed by atoms with E-state index < -0.39 is 11.9 Å². The second kappa shape index (κ2) is 9.10. The van der Waals surface area contributed by atoms with Gasteiger partial charge in [0.2, 0.25) is 0 Å². The molecular weight excluding hydrogens is 476 g/mol. The highest BCUT2D eigenvalue weighted by Crippen LogP contribution is 2.40. The average molecular weight is 500 g/mol. The van der Waals surface area contributed by atoms with E-state index in [1.165, 1.54) is 12.1 Å². The third kappa shape index (κ3) is 4.33. The van der Waals surface area contributed by atoms with Crippen LogP contribution in [0.5, 0.6) is 11.5 Å². The maximum Gasteiger partial charge on any atom is 0.166 e. The van der Waals surface area contributed by atoms with E-state index >= 15 is 0 Å². The van der Waals surface area contributed by atoms with Gasteiger partial charge in [0.15, 0.2) is 11.6 Å². The number of aromatic nitrogens is 1. The number of nitrogens with zero attached hydrogens (tertiary/aromatic N) is 1. The van der Waals surface area contributed by atoms with Crippen molar-refractivity contribution in [1.82, 2.24) is 10.3 Å². The SMILES string of the molecule is C[C@@H](Oc1cc(-c2ccc3c(c2)C=CC2(CCNCC2)O3)cnc1N)c1c(Cl)ccc(F)c1Cl. The van der Waals surface area contributed by atoms with Gasteiger partial charge in [-0.25, -0.2) is 9.37 Å². The van der Waals surface area contributed by atoms with E-state index in [0.717, 1.165) is 48.4 Å². The van der Waals surface area contributed by atoms with Gasteiger partial charge < -0.3 is 20.5 Å². The van der Waals surface area contributed by atoms with Gasteiger partial charge in [-0.05, 0) is 62.0 Å². The minimum atomic E-state index is -0.643. The van der Waals surface area contributed by atoms with Crippen LogP contribution in [0, 0.1) is 5.82 Å². The van der Waals surface area contributed by atoms with Crippen LogP contribution in [0.25, 0.3) is 17.2 Å². The first-order valence-corrected chi connectivity index (χ1v) is 11.9. The molecule has 3 N–H and O–H groups in total. The average Bonchev–Trinajstić information content (AvgIpc) is 2.83. The molecule has 1 saturated heterocycles. The first-order chi connectivity index (χ1) is 16.3. The molecule has 0 bridgehead atoms. The second-order valence-electron chi connectivity index (χ2n) is 8.63. The fourth-order valence-corrected chi connectivity index (χ4v) is 5.11. The van der Waals surface area contributed by atoms with E-state index in [-0.39, 0.29) is 16.4 Å². The Balaban J connectivity index is 1.41. The zero-order valence-electron chi connectivity index (χ0n) is 18.6. The first kappa shape index (κ1) is 23.0. The van der Waals surface area contributed by atoms with Crippen molar-refractivity contribution in [2.45, 2.75) is 31.5 Å². The van der Waals surface area contributed by atoms with Crippen LogP contribution in [0.3, 0.4) is 0 Å². The summed E-state index contributed by atoms with van der Waals surface area (Å²) in [5.41, 5.74) is 8.99. The molecule has 34 heavy (non-hydrogen) atoms. The van der Waals surface area contributed by atoms with Crippen LogP contribution in [-0.2, 0) is 0 Å². The fourth-order valence-electron chi connectivity index (χ4n) is 4.44. The van der Waals surface area contributed by atoms with Crippen molar-refractivity contribution in [3.63, 3.8) is 0 Å². The summed E-state index contributed by atoms with van der Waals surface area (Å²) in [7, 11) is 0. The number of hydrogen-bond acceptors (Lipinski definition) is 5. The van der Waals surface area contributed by atoms with Crippen molar-refractivity contribution in [1.29, 1.82) is 0 Å². The number of fused-ring (bicyclic) bond motifs is 1. The van der Waals surface area contributed by atoms with E-state index in [1.807, 2.05) is 18.2 Å². The maximum absolute atomic E-state index is 14.0. The number of rotatable bonds is 4. The normalized spacial score (nSPS) is 17.2. The lowest BCUT2D eigenvalue weighted by molar-refractivity contribution is 0.0823. The topological polar surface area (TPSA) is 69.4 Å². The number of nitrogens with two attached hydrogens (primary N) is 1. The number of nitrogens with one attached hydrogen (secondary N) is 1. The predicted octanol–water partition coefficient (Wildman–Crippen LogP) is 6.44. The number of benzene rings is 2.